The molecule has 2 N–H and O–H groups in total. The van der Waals surface area contributed by atoms with Crippen molar-refractivity contribution in [2.75, 3.05) is 5.84 Å². The molecular weight excluding hydrogens is 310 g/mol. The Morgan fingerprint density at radius 3 is 2.78 bits per heavy atom. The summed E-state index contributed by atoms with van der Waals surface area (Å²) in [5.41, 5.74) is 1.88. The van der Waals surface area contributed by atoms with Gasteiger partial charge < -0.3 is 10.4 Å². The van der Waals surface area contributed by atoms with Crippen LogP contribution in [0.1, 0.15) is 37.2 Å². The third-order valence-corrected chi connectivity index (χ3v) is 4.42. The normalized spacial score (nSPS) is 12.4. The van der Waals surface area contributed by atoms with Gasteiger partial charge in [-0.3, -0.25) is 0 Å². The molecule has 3 aromatic rings. The highest BCUT2D eigenvalue weighted by Crippen LogP contribution is 2.34. The van der Waals surface area contributed by atoms with Crippen molar-refractivity contribution in [2.24, 2.45) is 0 Å². The van der Waals surface area contributed by atoms with Gasteiger partial charge in [0, 0.05) is 12.0 Å². The van der Waals surface area contributed by atoms with Crippen LogP contribution in [-0.2, 0) is 6.42 Å². The molecule has 0 amide bonds. The molecule has 23 heavy (non-hydrogen) atoms. The molecule has 0 spiro atoms. The van der Waals surface area contributed by atoms with E-state index in [1.54, 1.807) is 0 Å². The van der Waals surface area contributed by atoms with Crippen LogP contribution in [0.3, 0.4) is 0 Å². The summed E-state index contributed by atoms with van der Waals surface area (Å²) in [4.78, 5) is 9.01. The Kier molecular flexibility index (Phi) is 4.66. The number of nitrogens with two attached hydrogens (primary N) is 1. The van der Waals surface area contributed by atoms with Crippen LogP contribution < -0.4 is 5.84 Å². The second-order valence-corrected chi connectivity index (χ2v) is 6.55. The van der Waals surface area contributed by atoms with Gasteiger partial charge >= 0.3 is 0 Å². The standard InChI is InChI=1S/C16H19N5OS/c1-3-7-14-19-15(22-20-14)11(2)23-16-18-13(10-21(16)17)12-8-5-4-6-9-12/h4-6,8-11H,3,7,17H2,1-2H3/t11-/m1/s1. The van der Waals surface area contributed by atoms with Crippen LogP contribution in [-0.4, -0.2) is 19.8 Å². The molecule has 0 aliphatic rings. The highest BCUT2D eigenvalue weighted by Gasteiger charge is 2.19. The smallest absolute Gasteiger partial charge is 0.239 e. The number of rotatable bonds is 6. The van der Waals surface area contributed by atoms with Gasteiger partial charge in [0.25, 0.3) is 0 Å². The fourth-order valence-electron chi connectivity index (χ4n) is 2.18. The highest BCUT2D eigenvalue weighted by molar-refractivity contribution is 7.99. The molecular formula is C16H19N5OS. The van der Waals surface area contributed by atoms with Crippen molar-refractivity contribution in [1.29, 1.82) is 0 Å². The van der Waals surface area contributed by atoms with Gasteiger partial charge in [-0.15, -0.1) is 0 Å². The van der Waals surface area contributed by atoms with E-state index in [2.05, 4.69) is 22.0 Å². The number of imidazole rings is 1. The van der Waals surface area contributed by atoms with Crippen LogP contribution in [0.5, 0.6) is 0 Å². The van der Waals surface area contributed by atoms with Crippen molar-refractivity contribution in [3.05, 3.63) is 48.2 Å². The number of nitrogens with zero attached hydrogens (tertiary/aromatic N) is 4. The quantitative estimate of drug-likeness (QED) is 0.551. The maximum absolute atomic E-state index is 6.02. The summed E-state index contributed by atoms with van der Waals surface area (Å²) in [6.07, 6.45) is 3.64. The van der Waals surface area contributed by atoms with E-state index >= 15 is 0 Å². The molecule has 0 radical (unpaired) electrons. The van der Waals surface area contributed by atoms with E-state index in [1.165, 1.54) is 16.4 Å². The van der Waals surface area contributed by atoms with Gasteiger partial charge in [0.1, 0.15) is 0 Å². The molecule has 0 aliphatic heterocycles. The van der Waals surface area contributed by atoms with E-state index in [0.29, 0.717) is 11.0 Å². The van der Waals surface area contributed by atoms with E-state index in [4.69, 9.17) is 10.4 Å². The first-order valence-electron chi connectivity index (χ1n) is 7.56. The van der Waals surface area contributed by atoms with Crippen molar-refractivity contribution in [3.63, 3.8) is 0 Å². The second-order valence-electron chi connectivity index (χ2n) is 5.24. The number of aromatic nitrogens is 4. The Balaban J connectivity index is 1.75. The number of thioether (sulfide) groups is 1. The highest BCUT2D eigenvalue weighted by atomic mass is 32.2. The van der Waals surface area contributed by atoms with E-state index in [0.717, 1.165) is 29.9 Å². The fourth-order valence-corrected chi connectivity index (χ4v) is 3.02. The van der Waals surface area contributed by atoms with Gasteiger partial charge in [-0.25, -0.2) is 9.66 Å². The van der Waals surface area contributed by atoms with Gasteiger partial charge in [-0.1, -0.05) is 54.2 Å². The SMILES string of the molecule is CCCc1noc([C@@H](C)Sc2nc(-c3ccccc3)cn2N)n1. The lowest BCUT2D eigenvalue weighted by atomic mass is 10.2. The van der Waals surface area contributed by atoms with E-state index in [9.17, 15) is 0 Å². The molecule has 2 heterocycles. The average molecular weight is 329 g/mol. The maximum Gasteiger partial charge on any atom is 0.239 e. The van der Waals surface area contributed by atoms with Crippen LogP contribution in [0.4, 0.5) is 0 Å². The Labute approximate surface area is 139 Å². The largest absolute Gasteiger partial charge is 0.338 e. The minimum Gasteiger partial charge on any atom is -0.338 e. The lowest BCUT2D eigenvalue weighted by molar-refractivity contribution is 0.374. The summed E-state index contributed by atoms with van der Waals surface area (Å²) in [6.45, 7) is 4.09. The van der Waals surface area contributed by atoms with E-state index in [1.807, 2.05) is 43.5 Å². The molecule has 6 nitrogen and oxygen atoms in total. The molecule has 3 rings (SSSR count). The molecule has 120 valence electrons. The van der Waals surface area contributed by atoms with Gasteiger partial charge in [0.05, 0.1) is 17.1 Å². The Morgan fingerprint density at radius 1 is 1.26 bits per heavy atom. The lowest BCUT2D eigenvalue weighted by Crippen LogP contribution is -2.08. The predicted molar refractivity (Wildman–Crippen MR) is 90.4 cm³/mol. The number of aryl methyl sites for hydroxylation is 1. The number of nitrogen functional groups attached to an aromatic ring is 1. The summed E-state index contributed by atoms with van der Waals surface area (Å²) in [5, 5.41) is 4.69. The van der Waals surface area contributed by atoms with Crippen molar-refractivity contribution < 1.29 is 4.52 Å². The Bertz CT molecular complexity index is 768. The van der Waals surface area contributed by atoms with Gasteiger partial charge in [-0.05, 0) is 13.3 Å². The van der Waals surface area contributed by atoms with Crippen molar-refractivity contribution in [2.45, 2.75) is 37.1 Å². The molecule has 1 aromatic carbocycles. The summed E-state index contributed by atoms with van der Waals surface area (Å²) >= 11 is 1.50. The van der Waals surface area contributed by atoms with Gasteiger partial charge in [0.15, 0.2) is 11.0 Å². The van der Waals surface area contributed by atoms with E-state index in [-0.39, 0.29) is 5.25 Å². The Hall–Kier alpha value is -2.28. The first kappa shape index (κ1) is 15.6. The van der Waals surface area contributed by atoms with Crippen molar-refractivity contribution >= 4 is 11.8 Å². The fraction of sp³-hybridized carbons (Fsp3) is 0.312. The van der Waals surface area contributed by atoms with Crippen molar-refractivity contribution in [3.8, 4) is 11.3 Å². The van der Waals surface area contributed by atoms with E-state index < -0.39 is 0 Å². The lowest BCUT2D eigenvalue weighted by Gasteiger charge is -2.05. The number of hydrogen-bond acceptors (Lipinski definition) is 6. The molecule has 0 unspecified atom stereocenters. The van der Waals surface area contributed by atoms with Crippen LogP contribution in [0, 0.1) is 0 Å². The number of benzene rings is 1. The van der Waals surface area contributed by atoms with Gasteiger partial charge in [-0.2, -0.15) is 4.98 Å². The molecule has 7 heteroatoms. The van der Waals surface area contributed by atoms with Crippen LogP contribution in [0.15, 0.2) is 46.2 Å². The minimum atomic E-state index is -0.0126. The summed E-state index contributed by atoms with van der Waals surface area (Å²) in [6, 6.07) is 9.95. The zero-order valence-corrected chi connectivity index (χ0v) is 14.0. The molecule has 0 aliphatic carbocycles. The first-order chi connectivity index (χ1) is 11.2. The molecule has 1 atom stereocenters. The van der Waals surface area contributed by atoms with Gasteiger partial charge in [0.2, 0.25) is 5.89 Å². The monoisotopic (exact) mass is 329 g/mol. The third-order valence-electron chi connectivity index (χ3n) is 3.36. The second kappa shape index (κ2) is 6.87. The van der Waals surface area contributed by atoms with Crippen LogP contribution in [0.25, 0.3) is 11.3 Å². The number of hydrogen-bond donors (Lipinski definition) is 1. The first-order valence-corrected chi connectivity index (χ1v) is 8.44. The zero-order valence-electron chi connectivity index (χ0n) is 13.1. The molecule has 0 bridgehead atoms. The maximum atomic E-state index is 6.02. The summed E-state index contributed by atoms with van der Waals surface area (Å²) < 4.78 is 6.86. The molecule has 0 fully saturated rings. The summed E-state index contributed by atoms with van der Waals surface area (Å²) in [7, 11) is 0. The molecule has 2 aromatic heterocycles. The average Bonchev–Trinajstić information content (AvgIpc) is 3.16. The minimum absolute atomic E-state index is 0.0126. The summed E-state index contributed by atoms with van der Waals surface area (Å²) in [5.74, 6) is 7.37. The van der Waals surface area contributed by atoms with Crippen molar-refractivity contribution in [1.82, 2.24) is 19.8 Å². The predicted octanol–water partition coefficient (Wildman–Crippen LogP) is 3.45. The van der Waals surface area contributed by atoms with Crippen LogP contribution >= 0.6 is 11.8 Å². The third kappa shape index (κ3) is 3.56. The topological polar surface area (TPSA) is 82.8 Å². The zero-order chi connectivity index (χ0) is 16.2. The van der Waals surface area contributed by atoms with Crippen LogP contribution in [0.2, 0.25) is 0 Å². The molecule has 0 saturated carbocycles. The molecule has 0 saturated heterocycles. The Morgan fingerprint density at radius 2 is 2.04 bits per heavy atom.